The fourth-order valence-electron chi connectivity index (χ4n) is 8.67. The first-order valence-electron chi connectivity index (χ1n) is 15.3. The first kappa shape index (κ1) is 27.1. The number of hydrogen-bond donors (Lipinski definition) is 1. The van der Waals surface area contributed by atoms with Gasteiger partial charge in [0.25, 0.3) is 0 Å². The van der Waals surface area contributed by atoms with E-state index in [2.05, 4.69) is 13.8 Å². The lowest BCUT2D eigenvalue weighted by molar-refractivity contribution is -0.171. The lowest BCUT2D eigenvalue weighted by Crippen LogP contribution is -2.53. The minimum Gasteiger partial charge on any atom is -0.481 e. The van der Waals surface area contributed by atoms with Crippen molar-refractivity contribution >= 4 is 5.97 Å². The van der Waals surface area contributed by atoms with Gasteiger partial charge >= 0.3 is 5.97 Å². The highest BCUT2D eigenvalue weighted by Gasteiger charge is 2.59. The van der Waals surface area contributed by atoms with E-state index >= 15 is 0 Å². The van der Waals surface area contributed by atoms with Crippen molar-refractivity contribution in [2.45, 2.75) is 168 Å². The zero-order valence-corrected chi connectivity index (χ0v) is 22.4. The van der Waals surface area contributed by atoms with Crippen LogP contribution in [0.4, 0.5) is 0 Å². The van der Waals surface area contributed by atoms with Gasteiger partial charge in [0.15, 0.2) is 0 Å². The molecule has 3 aliphatic rings. The smallest absolute Gasteiger partial charge is 0.310 e. The molecule has 0 aliphatic heterocycles. The summed E-state index contributed by atoms with van der Waals surface area (Å²) in [6, 6.07) is 0. The van der Waals surface area contributed by atoms with Crippen LogP contribution in [0, 0.1) is 22.2 Å². The van der Waals surface area contributed by atoms with Crippen LogP contribution in [0.15, 0.2) is 0 Å². The highest BCUT2D eigenvalue weighted by molar-refractivity contribution is 5.76. The van der Waals surface area contributed by atoms with E-state index in [4.69, 9.17) is 0 Å². The quantitative estimate of drug-likeness (QED) is 0.277. The Bertz CT molecular complexity index is 559. The van der Waals surface area contributed by atoms with Crippen LogP contribution in [0.1, 0.15) is 168 Å². The predicted molar refractivity (Wildman–Crippen MR) is 141 cm³/mol. The Morgan fingerprint density at radius 1 is 0.667 bits per heavy atom. The molecule has 3 aliphatic carbocycles. The third-order valence-electron chi connectivity index (χ3n) is 10.8. The van der Waals surface area contributed by atoms with Gasteiger partial charge in [-0.25, -0.2) is 0 Å². The summed E-state index contributed by atoms with van der Waals surface area (Å²) in [5.41, 5.74) is 0.155. The first-order chi connectivity index (χ1) is 16.0. The highest BCUT2D eigenvalue weighted by atomic mass is 16.4. The third-order valence-corrected chi connectivity index (χ3v) is 10.8. The monoisotopic (exact) mass is 460 g/mol. The van der Waals surface area contributed by atoms with Crippen LogP contribution in [0.5, 0.6) is 0 Å². The Morgan fingerprint density at radius 2 is 1.24 bits per heavy atom. The van der Waals surface area contributed by atoms with Gasteiger partial charge in [-0.3, -0.25) is 4.79 Å². The number of rotatable bonds is 13. The zero-order valence-electron chi connectivity index (χ0n) is 22.4. The summed E-state index contributed by atoms with van der Waals surface area (Å²) in [4.78, 5) is 13.0. The van der Waals surface area contributed by atoms with Crippen molar-refractivity contribution in [1.29, 1.82) is 0 Å². The molecule has 0 aromatic heterocycles. The average Bonchev–Trinajstić information content (AvgIpc) is 2.86. The Labute approximate surface area is 206 Å². The van der Waals surface area contributed by atoms with E-state index in [9.17, 15) is 9.90 Å². The lowest BCUT2D eigenvalue weighted by atomic mass is 9.46. The number of hydrogen-bond acceptors (Lipinski definition) is 1. The van der Waals surface area contributed by atoms with Crippen LogP contribution in [0.2, 0.25) is 0 Å². The third kappa shape index (κ3) is 6.19. The van der Waals surface area contributed by atoms with Crippen molar-refractivity contribution in [1.82, 2.24) is 0 Å². The standard InChI is InChI=1S/C31H56O2/c1-3-5-7-8-9-14-20-30(31(28(32)33)21-15-11-16-22-31)25-23-29(24-26-30,19-6-4-2)27-17-12-10-13-18-27/h27H,3-26H2,1-2H3,(H,32,33). The van der Waals surface area contributed by atoms with Gasteiger partial charge in [0.1, 0.15) is 0 Å². The summed E-state index contributed by atoms with van der Waals surface area (Å²) in [7, 11) is 0. The molecule has 192 valence electrons. The van der Waals surface area contributed by atoms with Gasteiger partial charge in [0.2, 0.25) is 0 Å². The number of carbonyl (C=O) groups is 1. The molecule has 0 aromatic rings. The molecule has 0 amide bonds. The maximum absolute atomic E-state index is 13.0. The number of carboxylic acid groups (broad SMARTS) is 1. The predicted octanol–water partition coefficient (Wildman–Crippen LogP) is 10.1. The van der Waals surface area contributed by atoms with Gasteiger partial charge < -0.3 is 5.11 Å². The SMILES string of the molecule is CCCCCCCCC1(C2(C(=O)O)CCCCC2)CCC(CCCC)(C2CCCCC2)CC1. The summed E-state index contributed by atoms with van der Waals surface area (Å²) in [6.45, 7) is 4.63. The summed E-state index contributed by atoms with van der Waals surface area (Å²) < 4.78 is 0. The molecule has 0 spiro atoms. The molecule has 3 fully saturated rings. The Morgan fingerprint density at radius 3 is 1.85 bits per heavy atom. The molecule has 3 saturated carbocycles. The van der Waals surface area contributed by atoms with Crippen molar-refractivity contribution in [3.63, 3.8) is 0 Å². The molecule has 0 saturated heterocycles. The average molecular weight is 461 g/mol. The van der Waals surface area contributed by atoms with Gasteiger partial charge in [0, 0.05) is 0 Å². The zero-order chi connectivity index (χ0) is 23.6. The van der Waals surface area contributed by atoms with Gasteiger partial charge in [0.05, 0.1) is 5.41 Å². The largest absolute Gasteiger partial charge is 0.481 e. The van der Waals surface area contributed by atoms with Gasteiger partial charge in [-0.2, -0.15) is 0 Å². The molecule has 1 N–H and O–H groups in total. The molecule has 3 rings (SSSR count). The molecular formula is C31H56O2. The molecule has 0 atom stereocenters. The highest BCUT2D eigenvalue weighted by Crippen LogP contribution is 2.64. The molecule has 33 heavy (non-hydrogen) atoms. The molecule has 0 radical (unpaired) electrons. The van der Waals surface area contributed by atoms with E-state index in [0.717, 1.165) is 31.6 Å². The fourth-order valence-corrected chi connectivity index (χ4v) is 8.67. The Kier molecular flexibility index (Phi) is 10.6. The summed E-state index contributed by atoms with van der Waals surface area (Å²) in [5, 5.41) is 10.7. The van der Waals surface area contributed by atoms with Crippen molar-refractivity contribution < 1.29 is 9.90 Å². The summed E-state index contributed by atoms with van der Waals surface area (Å²) in [6.07, 6.45) is 30.8. The van der Waals surface area contributed by atoms with E-state index in [1.165, 1.54) is 128 Å². The Balaban J connectivity index is 1.78. The van der Waals surface area contributed by atoms with E-state index in [-0.39, 0.29) is 5.41 Å². The van der Waals surface area contributed by atoms with E-state index in [0.29, 0.717) is 5.41 Å². The van der Waals surface area contributed by atoms with Crippen molar-refractivity contribution in [2.24, 2.45) is 22.2 Å². The molecule has 2 heteroatoms. The van der Waals surface area contributed by atoms with Crippen LogP contribution in [-0.4, -0.2) is 11.1 Å². The maximum Gasteiger partial charge on any atom is 0.310 e. The maximum atomic E-state index is 13.0. The van der Waals surface area contributed by atoms with E-state index < -0.39 is 11.4 Å². The van der Waals surface area contributed by atoms with Gasteiger partial charge in [-0.15, -0.1) is 0 Å². The van der Waals surface area contributed by atoms with Crippen molar-refractivity contribution in [3.8, 4) is 0 Å². The number of aliphatic carboxylic acids is 1. The van der Waals surface area contributed by atoms with Crippen molar-refractivity contribution in [3.05, 3.63) is 0 Å². The first-order valence-corrected chi connectivity index (χ1v) is 15.3. The fraction of sp³-hybridized carbons (Fsp3) is 0.968. The molecule has 2 nitrogen and oxygen atoms in total. The Hall–Kier alpha value is -0.530. The normalized spacial score (nSPS) is 30.8. The van der Waals surface area contributed by atoms with E-state index in [1.54, 1.807) is 0 Å². The topological polar surface area (TPSA) is 37.3 Å². The van der Waals surface area contributed by atoms with Gasteiger partial charge in [-0.1, -0.05) is 104 Å². The van der Waals surface area contributed by atoms with Gasteiger partial charge in [-0.05, 0) is 81.0 Å². The molecule has 0 bridgehead atoms. The van der Waals surface area contributed by atoms with Crippen LogP contribution >= 0.6 is 0 Å². The van der Waals surface area contributed by atoms with E-state index in [1.807, 2.05) is 0 Å². The number of carboxylic acids is 1. The van der Waals surface area contributed by atoms with Crippen LogP contribution < -0.4 is 0 Å². The number of unbranched alkanes of at least 4 members (excludes halogenated alkanes) is 6. The van der Waals surface area contributed by atoms with Crippen LogP contribution in [0.25, 0.3) is 0 Å². The second-order valence-corrected chi connectivity index (χ2v) is 12.5. The molecule has 0 unspecified atom stereocenters. The second kappa shape index (κ2) is 13.0. The minimum atomic E-state index is -0.438. The molecule has 0 aromatic carbocycles. The van der Waals surface area contributed by atoms with Crippen molar-refractivity contribution in [2.75, 3.05) is 0 Å². The second-order valence-electron chi connectivity index (χ2n) is 12.5. The van der Waals surface area contributed by atoms with Crippen LogP contribution in [-0.2, 0) is 4.79 Å². The summed E-state index contributed by atoms with van der Waals surface area (Å²) >= 11 is 0. The summed E-state index contributed by atoms with van der Waals surface area (Å²) in [5.74, 6) is 0.476. The lowest BCUT2D eigenvalue weighted by Gasteiger charge is -2.58. The molecule has 0 heterocycles. The van der Waals surface area contributed by atoms with Crippen LogP contribution in [0.3, 0.4) is 0 Å². The molecular weight excluding hydrogens is 404 g/mol. The minimum absolute atomic E-state index is 0.0639.